The van der Waals surface area contributed by atoms with E-state index in [0.29, 0.717) is 11.8 Å². The first-order valence-corrected chi connectivity index (χ1v) is 20.7. The van der Waals surface area contributed by atoms with Crippen molar-refractivity contribution in [2.45, 2.75) is 35.0 Å². The van der Waals surface area contributed by atoms with Crippen LogP contribution in [0.25, 0.3) is 31.3 Å². The molecule has 1 aliphatic heterocycles. The molecule has 1 aromatic heterocycles. The maximum Gasteiger partial charge on any atom is 0.0603 e. The van der Waals surface area contributed by atoms with Crippen LogP contribution >= 0.6 is 23.1 Å². The second-order valence-electron chi connectivity index (χ2n) is 15.4. The molecule has 4 heteroatoms. The second kappa shape index (κ2) is 12.6. The molecule has 0 bridgehead atoms. The van der Waals surface area contributed by atoms with Gasteiger partial charge in [0.1, 0.15) is 0 Å². The highest BCUT2D eigenvalue weighted by Crippen LogP contribution is 2.56. The zero-order valence-corrected chi connectivity index (χ0v) is 32.3. The molecule has 0 fully saturated rings. The van der Waals surface area contributed by atoms with Gasteiger partial charge in [0.05, 0.1) is 11.4 Å². The number of fused-ring (bicyclic) bond motifs is 8. The van der Waals surface area contributed by atoms with Gasteiger partial charge < -0.3 is 9.80 Å². The van der Waals surface area contributed by atoms with E-state index >= 15 is 0 Å². The average molecular weight is 743 g/mol. The van der Waals surface area contributed by atoms with E-state index in [9.17, 15) is 0 Å². The lowest BCUT2D eigenvalue weighted by Gasteiger charge is -2.34. The fourth-order valence-electron chi connectivity index (χ4n) is 9.26. The Kier molecular flexibility index (Phi) is 7.49. The van der Waals surface area contributed by atoms with Crippen LogP contribution in [0.4, 0.5) is 34.1 Å². The summed E-state index contributed by atoms with van der Waals surface area (Å²) in [4.78, 5) is 7.35. The van der Waals surface area contributed by atoms with Gasteiger partial charge in [-0.1, -0.05) is 135 Å². The molecular formula is C51H38N2S2. The number of hydrogen-bond donors (Lipinski definition) is 0. The monoisotopic (exact) mass is 742 g/mol. The van der Waals surface area contributed by atoms with Crippen molar-refractivity contribution in [2.75, 3.05) is 9.80 Å². The van der Waals surface area contributed by atoms with Crippen molar-refractivity contribution < 1.29 is 0 Å². The molecule has 3 aliphatic rings. The summed E-state index contributed by atoms with van der Waals surface area (Å²) >= 11 is 3.74. The molecule has 264 valence electrons. The van der Waals surface area contributed by atoms with Crippen molar-refractivity contribution in [1.29, 1.82) is 0 Å². The third kappa shape index (κ3) is 5.16. The topological polar surface area (TPSA) is 6.48 Å². The minimum atomic E-state index is 0.0152. The molecule has 0 N–H and O–H groups in total. The van der Waals surface area contributed by atoms with Crippen molar-refractivity contribution >= 4 is 77.4 Å². The molecule has 55 heavy (non-hydrogen) atoms. The molecule has 2 unspecified atom stereocenters. The lowest BCUT2D eigenvalue weighted by molar-refractivity contribution is 0.394. The Morgan fingerprint density at radius 3 is 2.18 bits per heavy atom. The summed E-state index contributed by atoms with van der Waals surface area (Å²) in [6, 6.07) is 58.4. The van der Waals surface area contributed by atoms with Crippen LogP contribution in [-0.4, -0.2) is 0 Å². The van der Waals surface area contributed by atoms with E-state index in [-0.39, 0.29) is 5.41 Å². The van der Waals surface area contributed by atoms with Crippen LogP contribution in [0.15, 0.2) is 192 Å². The molecule has 0 saturated heterocycles. The lowest BCUT2D eigenvalue weighted by Crippen LogP contribution is -2.24. The molecule has 2 nitrogen and oxygen atoms in total. The largest absolute Gasteiger partial charge is 0.310 e. The van der Waals surface area contributed by atoms with Crippen molar-refractivity contribution in [3.05, 3.63) is 193 Å². The Morgan fingerprint density at radius 1 is 0.582 bits per heavy atom. The third-order valence-electron chi connectivity index (χ3n) is 11.9. The number of nitrogens with zero attached hydrogens (tertiary/aromatic N) is 2. The van der Waals surface area contributed by atoms with Gasteiger partial charge in [-0.2, -0.15) is 0 Å². The Morgan fingerprint density at radius 2 is 1.29 bits per heavy atom. The van der Waals surface area contributed by atoms with E-state index < -0.39 is 0 Å². The maximum absolute atomic E-state index is 2.47. The summed E-state index contributed by atoms with van der Waals surface area (Å²) in [6.45, 7) is 4.84. The SMILES string of the molecule is CC1(C)c2cc(N(c3ccc(-c4cccc5c4sc4ccccc45)cc3)c3ccc4c(c3)Sc3ccccc3N4c3ccccc3)ccc2C2C=CC=CC21. The zero-order chi connectivity index (χ0) is 36.7. The number of benzene rings is 7. The Hall–Kier alpha value is -5.81. The first-order chi connectivity index (χ1) is 27.0. The van der Waals surface area contributed by atoms with Crippen LogP contribution in [0.1, 0.15) is 30.9 Å². The van der Waals surface area contributed by atoms with Crippen LogP contribution in [0.3, 0.4) is 0 Å². The minimum Gasteiger partial charge on any atom is -0.310 e. The van der Waals surface area contributed by atoms with Crippen molar-refractivity contribution in [3.8, 4) is 11.1 Å². The normalized spacial score (nSPS) is 17.5. The first kappa shape index (κ1) is 32.6. The number of anilines is 6. The van der Waals surface area contributed by atoms with E-state index in [0.717, 1.165) is 17.1 Å². The van der Waals surface area contributed by atoms with Gasteiger partial charge in [0.2, 0.25) is 0 Å². The number of hydrogen-bond acceptors (Lipinski definition) is 4. The number of thiophene rings is 1. The smallest absolute Gasteiger partial charge is 0.0603 e. The van der Waals surface area contributed by atoms with Gasteiger partial charge in [0, 0.05) is 58.6 Å². The van der Waals surface area contributed by atoms with Gasteiger partial charge in [0.25, 0.3) is 0 Å². The molecule has 2 atom stereocenters. The molecule has 0 spiro atoms. The highest BCUT2D eigenvalue weighted by atomic mass is 32.2. The molecular weight excluding hydrogens is 705 g/mol. The third-order valence-corrected chi connectivity index (χ3v) is 14.3. The summed E-state index contributed by atoms with van der Waals surface area (Å²) in [6.07, 6.45) is 9.25. The molecule has 0 radical (unpaired) electrons. The van der Waals surface area contributed by atoms with Gasteiger partial charge in [-0.05, 0) is 106 Å². The van der Waals surface area contributed by atoms with E-state index in [1.807, 2.05) is 23.1 Å². The first-order valence-electron chi connectivity index (χ1n) is 19.1. The molecule has 8 aromatic rings. The standard InChI is InChI=1S/C51H38N2S2/c1-51(2)43-19-8-6-15-39(43)40-29-27-36(31-44(40)51)52(35-25-23-33(24-26-35)38-17-12-18-42-41-16-7-10-21-47(41)55-50(38)42)37-28-30-46-49(32-37)54-48-22-11-9-20-45(48)53(46)34-13-4-3-5-14-34/h3-32,39,43H,1-2H3. The second-order valence-corrected chi connectivity index (χ2v) is 17.5. The molecule has 0 saturated carbocycles. The summed E-state index contributed by atoms with van der Waals surface area (Å²) in [5.41, 5.74) is 12.4. The Balaban J connectivity index is 1.06. The highest BCUT2D eigenvalue weighted by Gasteiger charge is 2.44. The van der Waals surface area contributed by atoms with Crippen LogP contribution in [0, 0.1) is 5.92 Å². The fourth-order valence-corrected chi connectivity index (χ4v) is 11.6. The van der Waals surface area contributed by atoms with Crippen molar-refractivity contribution in [3.63, 3.8) is 0 Å². The Bertz CT molecular complexity index is 2850. The van der Waals surface area contributed by atoms with E-state index in [2.05, 4.69) is 206 Å². The van der Waals surface area contributed by atoms with Crippen molar-refractivity contribution in [2.24, 2.45) is 5.92 Å². The number of rotatable bonds is 5. The number of allylic oxidation sites excluding steroid dienone is 4. The van der Waals surface area contributed by atoms with Gasteiger partial charge in [-0.15, -0.1) is 11.3 Å². The van der Waals surface area contributed by atoms with Crippen LogP contribution in [0.5, 0.6) is 0 Å². The van der Waals surface area contributed by atoms with E-state index in [1.165, 1.54) is 69.3 Å². The molecule has 2 heterocycles. The predicted molar refractivity (Wildman–Crippen MR) is 236 cm³/mol. The Labute approximate surface area is 330 Å². The summed E-state index contributed by atoms with van der Waals surface area (Å²) in [5.74, 6) is 0.869. The van der Waals surface area contributed by atoms with Gasteiger partial charge >= 0.3 is 0 Å². The summed E-state index contributed by atoms with van der Waals surface area (Å²) in [5, 5.41) is 2.66. The minimum absolute atomic E-state index is 0.0152. The van der Waals surface area contributed by atoms with Crippen molar-refractivity contribution in [1.82, 2.24) is 0 Å². The highest BCUT2D eigenvalue weighted by molar-refractivity contribution is 7.99. The number of para-hydroxylation sites is 2. The van der Waals surface area contributed by atoms with Gasteiger partial charge in [0.15, 0.2) is 0 Å². The molecule has 11 rings (SSSR count). The molecule has 7 aromatic carbocycles. The van der Waals surface area contributed by atoms with Gasteiger partial charge in [-0.3, -0.25) is 0 Å². The quantitative estimate of drug-likeness (QED) is 0.173. The van der Waals surface area contributed by atoms with Gasteiger partial charge in [-0.25, -0.2) is 0 Å². The average Bonchev–Trinajstić information content (AvgIpc) is 3.72. The molecule has 0 amide bonds. The van der Waals surface area contributed by atoms with Crippen LogP contribution in [0.2, 0.25) is 0 Å². The van der Waals surface area contributed by atoms with E-state index in [1.54, 1.807) is 0 Å². The van der Waals surface area contributed by atoms with E-state index in [4.69, 9.17) is 0 Å². The maximum atomic E-state index is 2.47. The zero-order valence-electron chi connectivity index (χ0n) is 30.7. The molecule has 2 aliphatic carbocycles. The summed E-state index contributed by atoms with van der Waals surface area (Å²) in [7, 11) is 0. The predicted octanol–water partition coefficient (Wildman–Crippen LogP) is 15.2. The van der Waals surface area contributed by atoms with Crippen LogP contribution < -0.4 is 9.80 Å². The summed E-state index contributed by atoms with van der Waals surface area (Å²) < 4.78 is 2.67. The lowest BCUT2D eigenvalue weighted by atomic mass is 9.74. The fraction of sp³-hybridized carbons (Fsp3) is 0.0980. The van der Waals surface area contributed by atoms with Crippen LogP contribution in [-0.2, 0) is 5.41 Å².